The van der Waals surface area contributed by atoms with Crippen molar-refractivity contribution in [2.24, 2.45) is 5.73 Å². The summed E-state index contributed by atoms with van der Waals surface area (Å²) in [7, 11) is 0.587. The minimum absolute atomic E-state index is 0.0455. The summed E-state index contributed by atoms with van der Waals surface area (Å²) in [6, 6.07) is 9.80. The van der Waals surface area contributed by atoms with E-state index in [1.807, 2.05) is 6.92 Å². The Hall–Kier alpha value is -3.94. The van der Waals surface area contributed by atoms with Crippen molar-refractivity contribution < 1.29 is 22.7 Å². The number of benzene rings is 2. The summed E-state index contributed by atoms with van der Waals surface area (Å²) in [5, 5.41) is 6.23. The summed E-state index contributed by atoms with van der Waals surface area (Å²) in [4.78, 5) is 35.5. The lowest BCUT2D eigenvalue weighted by molar-refractivity contribution is -0.120. The van der Waals surface area contributed by atoms with E-state index in [0.717, 1.165) is 4.31 Å². The molecule has 2 amide bonds. The minimum atomic E-state index is -3.76. The number of carbonyl (C=O) groups excluding carboxylic acids is 2. The molecule has 0 fully saturated rings. The number of sulfonamides is 1. The molecule has 0 bridgehead atoms. The third-order valence-electron chi connectivity index (χ3n) is 6.51. The SMILES string of the molecule is CCN1C(=O)CCC(C(N)=O)c2c1ccc(Nc1ncc(Cl)c(Nc3ccccc3S(=O)(=O)N(C)C)n1)c2OC. The molecule has 1 aliphatic rings. The Morgan fingerprint density at radius 3 is 2.58 bits per heavy atom. The number of hydrogen-bond acceptors (Lipinski definition) is 9. The van der Waals surface area contributed by atoms with Gasteiger partial charge in [-0.15, -0.1) is 0 Å². The zero-order valence-corrected chi connectivity index (χ0v) is 24.0. The van der Waals surface area contributed by atoms with Crippen LogP contribution < -0.4 is 26.0 Å². The van der Waals surface area contributed by atoms with Gasteiger partial charge in [-0.3, -0.25) is 9.59 Å². The van der Waals surface area contributed by atoms with Gasteiger partial charge in [0.2, 0.25) is 27.8 Å². The van der Waals surface area contributed by atoms with Gasteiger partial charge in [0.1, 0.15) is 15.7 Å². The summed E-state index contributed by atoms with van der Waals surface area (Å²) in [5.74, 6) is -0.819. The molecule has 0 radical (unpaired) electrons. The number of carbonyl (C=O) groups is 2. The van der Waals surface area contributed by atoms with Crippen LogP contribution in [0.25, 0.3) is 0 Å². The fraction of sp³-hybridized carbons (Fsp3) is 0.308. The number of rotatable bonds is 9. The van der Waals surface area contributed by atoms with Crippen molar-refractivity contribution in [2.45, 2.75) is 30.6 Å². The molecule has 1 aromatic heterocycles. The van der Waals surface area contributed by atoms with Crippen LogP contribution in [0, 0.1) is 0 Å². The number of amides is 2. The molecule has 2 heterocycles. The molecule has 4 N–H and O–H groups in total. The molecule has 1 atom stereocenters. The summed E-state index contributed by atoms with van der Waals surface area (Å²) in [6.07, 6.45) is 1.78. The van der Waals surface area contributed by atoms with E-state index in [4.69, 9.17) is 22.1 Å². The Kier molecular flexibility index (Phi) is 8.47. The number of halogens is 1. The Morgan fingerprint density at radius 2 is 1.93 bits per heavy atom. The fourth-order valence-corrected chi connectivity index (χ4v) is 5.73. The van der Waals surface area contributed by atoms with Crippen LogP contribution in [0.4, 0.5) is 28.8 Å². The second-order valence-corrected chi connectivity index (χ2v) is 11.7. The summed E-state index contributed by atoms with van der Waals surface area (Å²) in [5.41, 5.74) is 7.50. The van der Waals surface area contributed by atoms with Crippen molar-refractivity contribution in [2.75, 3.05) is 43.3 Å². The molecule has 1 aliphatic heterocycles. The van der Waals surface area contributed by atoms with E-state index in [2.05, 4.69) is 20.6 Å². The van der Waals surface area contributed by atoms with Crippen molar-refractivity contribution in [1.29, 1.82) is 0 Å². The molecule has 12 nitrogen and oxygen atoms in total. The first-order chi connectivity index (χ1) is 19.0. The number of nitrogens with zero attached hydrogens (tertiary/aromatic N) is 4. The number of nitrogens with two attached hydrogens (primary N) is 1. The van der Waals surface area contributed by atoms with Crippen LogP contribution in [-0.2, 0) is 19.6 Å². The third kappa shape index (κ3) is 5.53. The molecule has 0 saturated heterocycles. The second-order valence-electron chi connectivity index (χ2n) is 9.13. The number of anilines is 5. The normalized spacial score (nSPS) is 15.4. The lowest BCUT2D eigenvalue weighted by Gasteiger charge is -2.25. The quantitative estimate of drug-likeness (QED) is 0.340. The molecule has 0 spiro atoms. The van der Waals surface area contributed by atoms with Crippen LogP contribution in [0.3, 0.4) is 0 Å². The smallest absolute Gasteiger partial charge is 0.244 e. The molecule has 212 valence electrons. The Balaban J connectivity index is 1.75. The van der Waals surface area contributed by atoms with Crippen molar-refractivity contribution in [1.82, 2.24) is 14.3 Å². The molecule has 3 aromatic rings. The van der Waals surface area contributed by atoms with Gasteiger partial charge in [-0.05, 0) is 37.6 Å². The molecule has 2 aromatic carbocycles. The van der Waals surface area contributed by atoms with Crippen molar-refractivity contribution in [3.63, 3.8) is 0 Å². The van der Waals surface area contributed by atoms with E-state index in [1.54, 1.807) is 35.2 Å². The molecule has 14 heteroatoms. The Morgan fingerprint density at radius 1 is 1.20 bits per heavy atom. The number of para-hydroxylation sites is 1. The highest BCUT2D eigenvalue weighted by Gasteiger charge is 2.34. The van der Waals surface area contributed by atoms with E-state index in [0.29, 0.717) is 29.2 Å². The van der Waals surface area contributed by atoms with Gasteiger partial charge < -0.3 is 26.0 Å². The Labute approximate surface area is 237 Å². The standard InChI is InChI=1S/C26H30ClN7O5S/c1-5-34-19-12-11-18(23(39-4)22(19)15(24(28)36)10-13-21(34)35)31-26-29-14-16(27)25(32-26)30-17-8-6-7-9-20(17)40(37,38)33(2)3/h6-9,11-12,14-15H,5,10,13H2,1-4H3,(H2,28,36)(H2,29,30,31,32). The monoisotopic (exact) mass is 587 g/mol. The van der Waals surface area contributed by atoms with E-state index < -0.39 is 21.8 Å². The number of methoxy groups -OCH3 is 1. The zero-order valence-electron chi connectivity index (χ0n) is 22.4. The zero-order chi connectivity index (χ0) is 29.2. The largest absolute Gasteiger partial charge is 0.494 e. The first-order valence-electron chi connectivity index (χ1n) is 12.4. The maximum atomic E-state index is 12.8. The lowest BCUT2D eigenvalue weighted by Crippen LogP contribution is -2.29. The van der Waals surface area contributed by atoms with E-state index in [-0.39, 0.29) is 46.1 Å². The average molecular weight is 588 g/mol. The maximum absolute atomic E-state index is 12.8. The molecule has 0 aliphatic carbocycles. The van der Waals surface area contributed by atoms with Crippen molar-refractivity contribution in [3.8, 4) is 5.75 Å². The first-order valence-corrected chi connectivity index (χ1v) is 14.2. The number of hydrogen-bond donors (Lipinski definition) is 3. The lowest BCUT2D eigenvalue weighted by atomic mass is 9.91. The summed E-state index contributed by atoms with van der Waals surface area (Å²) < 4.78 is 32.5. The van der Waals surface area contributed by atoms with Gasteiger partial charge in [0, 0.05) is 32.6 Å². The van der Waals surface area contributed by atoms with Gasteiger partial charge in [0.05, 0.1) is 36.3 Å². The minimum Gasteiger partial charge on any atom is -0.494 e. The van der Waals surface area contributed by atoms with Crippen molar-refractivity contribution >= 4 is 62.3 Å². The fourth-order valence-electron chi connectivity index (χ4n) is 4.55. The van der Waals surface area contributed by atoms with E-state index in [1.165, 1.54) is 33.5 Å². The van der Waals surface area contributed by atoms with Gasteiger partial charge in [-0.25, -0.2) is 17.7 Å². The molecular weight excluding hydrogens is 558 g/mol. The predicted molar refractivity (Wildman–Crippen MR) is 153 cm³/mol. The molecule has 40 heavy (non-hydrogen) atoms. The summed E-state index contributed by atoms with van der Waals surface area (Å²) in [6.45, 7) is 2.26. The highest BCUT2D eigenvalue weighted by molar-refractivity contribution is 7.89. The van der Waals surface area contributed by atoms with E-state index in [9.17, 15) is 18.0 Å². The predicted octanol–water partition coefficient (Wildman–Crippen LogP) is 3.59. The van der Waals surface area contributed by atoms with Gasteiger partial charge >= 0.3 is 0 Å². The van der Waals surface area contributed by atoms with Crippen LogP contribution >= 0.6 is 11.6 Å². The number of nitrogens with one attached hydrogen (secondary N) is 2. The highest BCUT2D eigenvalue weighted by atomic mass is 35.5. The molecule has 1 unspecified atom stereocenters. The number of primary amides is 1. The van der Waals surface area contributed by atoms with Crippen molar-refractivity contribution in [3.05, 3.63) is 53.2 Å². The number of fused-ring (bicyclic) bond motifs is 1. The third-order valence-corrected chi connectivity index (χ3v) is 8.66. The van der Waals surface area contributed by atoms with Gasteiger partial charge in [-0.2, -0.15) is 4.98 Å². The van der Waals surface area contributed by atoms with Gasteiger partial charge in [0.15, 0.2) is 5.82 Å². The molecular formula is C26H30ClN7O5S. The summed E-state index contributed by atoms with van der Waals surface area (Å²) >= 11 is 6.36. The number of ether oxygens (including phenoxy) is 1. The average Bonchev–Trinajstić information content (AvgIpc) is 3.06. The number of aromatic nitrogens is 2. The van der Waals surface area contributed by atoms with Crippen LogP contribution in [-0.4, -0.2) is 62.3 Å². The molecule has 0 saturated carbocycles. The topological polar surface area (TPSA) is 160 Å². The Bertz CT molecular complexity index is 1560. The van der Waals surface area contributed by atoms with Crippen LogP contribution in [0.5, 0.6) is 5.75 Å². The maximum Gasteiger partial charge on any atom is 0.244 e. The van der Waals surface area contributed by atoms with Crippen LogP contribution in [0.1, 0.15) is 31.2 Å². The van der Waals surface area contributed by atoms with Gasteiger partial charge in [0.25, 0.3) is 0 Å². The van der Waals surface area contributed by atoms with Crippen LogP contribution in [0.2, 0.25) is 5.02 Å². The van der Waals surface area contributed by atoms with Gasteiger partial charge in [-0.1, -0.05) is 23.7 Å². The second kappa shape index (κ2) is 11.7. The highest BCUT2D eigenvalue weighted by Crippen LogP contribution is 2.45. The molecule has 4 rings (SSSR count). The first kappa shape index (κ1) is 29.1. The van der Waals surface area contributed by atoms with Crippen LogP contribution in [0.15, 0.2) is 47.5 Å². The van der Waals surface area contributed by atoms with E-state index >= 15 is 0 Å².